The van der Waals surface area contributed by atoms with Gasteiger partial charge in [-0.3, -0.25) is 9.59 Å². The standard InChI is InChI=1S/C28H34N2O4/c1-33-25-16-22(28(32)30-12-6-9-24(30)19-7-4-3-5-8-19)23(17-26(25)34-2)29-27(31)15-21-14-18-10-11-20(21)13-18/h3-5,7-8,16-18,20-21,24H,6,9-15H2,1-2H3,(H,29,31)/t18-,20-,21+,24-/m0/s1. The maximum absolute atomic E-state index is 13.8. The molecule has 2 aromatic carbocycles. The van der Waals surface area contributed by atoms with Crippen LogP contribution in [0.5, 0.6) is 11.5 Å². The number of ether oxygens (including phenoxy) is 2. The van der Waals surface area contributed by atoms with Gasteiger partial charge in [-0.2, -0.15) is 0 Å². The predicted molar refractivity (Wildman–Crippen MR) is 131 cm³/mol. The number of carbonyl (C=O) groups excluding carboxylic acids is 2. The molecule has 2 bridgehead atoms. The van der Waals surface area contributed by atoms with Crippen LogP contribution in [0.25, 0.3) is 0 Å². The van der Waals surface area contributed by atoms with E-state index in [9.17, 15) is 9.59 Å². The second-order valence-corrected chi connectivity index (χ2v) is 10.0. The summed E-state index contributed by atoms with van der Waals surface area (Å²) in [5.74, 6) is 2.79. The minimum atomic E-state index is -0.0949. The molecule has 180 valence electrons. The lowest BCUT2D eigenvalue weighted by Crippen LogP contribution is -2.31. The van der Waals surface area contributed by atoms with Gasteiger partial charge >= 0.3 is 0 Å². The topological polar surface area (TPSA) is 67.9 Å². The Morgan fingerprint density at radius 2 is 1.76 bits per heavy atom. The number of fused-ring (bicyclic) bond motifs is 2. The van der Waals surface area contributed by atoms with E-state index in [0.717, 1.165) is 30.7 Å². The van der Waals surface area contributed by atoms with Crippen LogP contribution in [0.1, 0.15) is 66.9 Å². The first-order valence-corrected chi connectivity index (χ1v) is 12.5. The monoisotopic (exact) mass is 462 g/mol. The number of anilines is 1. The van der Waals surface area contributed by atoms with Crippen LogP contribution < -0.4 is 14.8 Å². The van der Waals surface area contributed by atoms with Crippen molar-refractivity contribution in [1.29, 1.82) is 0 Å². The van der Waals surface area contributed by atoms with E-state index in [2.05, 4.69) is 17.4 Å². The fraction of sp³-hybridized carbons (Fsp3) is 0.500. The Balaban J connectivity index is 1.41. The lowest BCUT2D eigenvalue weighted by atomic mass is 9.86. The van der Waals surface area contributed by atoms with Gasteiger partial charge in [-0.15, -0.1) is 0 Å². The van der Waals surface area contributed by atoms with Crippen LogP contribution in [0, 0.1) is 17.8 Å². The molecule has 0 aromatic heterocycles. The van der Waals surface area contributed by atoms with E-state index in [1.807, 2.05) is 23.1 Å². The van der Waals surface area contributed by atoms with Crippen molar-refractivity contribution in [2.75, 3.05) is 26.1 Å². The number of methoxy groups -OCH3 is 2. The highest BCUT2D eigenvalue weighted by Gasteiger charge is 2.40. The third kappa shape index (κ3) is 4.38. The molecule has 1 saturated heterocycles. The Hall–Kier alpha value is -3.02. The molecule has 34 heavy (non-hydrogen) atoms. The van der Waals surface area contributed by atoms with Gasteiger partial charge in [0.05, 0.1) is 31.5 Å². The van der Waals surface area contributed by atoms with Gasteiger partial charge in [0.2, 0.25) is 5.91 Å². The molecule has 6 heteroatoms. The maximum atomic E-state index is 13.8. The molecule has 1 aliphatic heterocycles. The molecule has 3 aliphatic rings. The van der Waals surface area contributed by atoms with Crippen LogP contribution in [0.2, 0.25) is 0 Å². The summed E-state index contributed by atoms with van der Waals surface area (Å²) in [6.07, 6.45) is 7.38. The normalized spacial score (nSPS) is 25.4. The summed E-state index contributed by atoms with van der Waals surface area (Å²) in [6, 6.07) is 13.6. The number of benzene rings is 2. The predicted octanol–water partition coefficient (Wildman–Crippen LogP) is 5.45. The van der Waals surface area contributed by atoms with Crippen LogP contribution in [0.4, 0.5) is 5.69 Å². The second kappa shape index (κ2) is 9.69. The van der Waals surface area contributed by atoms with Crippen molar-refractivity contribution in [1.82, 2.24) is 4.90 Å². The third-order valence-electron chi connectivity index (χ3n) is 8.06. The van der Waals surface area contributed by atoms with Gasteiger partial charge in [0.1, 0.15) is 0 Å². The van der Waals surface area contributed by atoms with E-state index in [1.54, 1.807) is 26.4 Å². The molecular weight excluding hydrogens is 428 g/mol. The van der Waals surface area contributed by atoms with Gasteiger partial charge in [0.15, 0.2) is 11.5 Å². The lowest BCUT2D eigenvalue weighted by Gasteiger charge is -2.27. The number of rotatable bonds is 7. The Kier molecular flexibility index (Phi) is 6.48. The average molecular weight is 463 g/mol. The smallest absolute Gasteiger partial charge is 0.256 e. The van der Waals surface area contributed by atoms with Crippen LogP contribution in [-0.2, 0) is 4.79 Å². The summed E-state index contributed by atoms with van der Waals surface area (Å²) < 4.78 is 11.0. The Morgan fingerprint density at radius 1 is 1.00 bits per heavy atom. The average Bonchev–Trinajstić information content (AvgIpc) is 3.61. The molecule has 4 atom stereocenters. The highest BCUT2D eigenvalue weighted by molar-refractivity contribution is 6.05. The highest BCUT2D eigenvalue weighted by Crippen LogP contribution is 2.49. The highest BCUT2D eigenvalue weighted by atomic mass is 16.5. The number of likely N-dealkylation sites (tertiary alicyclic amines) is 1. The third-order valence-corrected chi connectivity index (χ3v) is 8.06. The van der Waals surface area contributed by atoms with Crippen LogP contribution in [-0.4, -0.2) is 37.5 Å². The number of nitrogens with zero attached hydrogens (tertiary/aromatic N) is 1. The number of amides is 2. The fourth-order valence-corrected chi connectivity index (χ4v) is 6.41. The summed E-state index contributed by atoms with van der Waals surface area (Å²) >= 11 is 0. The summed E-state index contributed by atoms with van der Waals surface area (Å²) in [4.78, 5) is 28.8. The maximum Gasteiger partial charge on any atom is 0.256 e. The van der Waals surface area contributed by atoms with E-state index in [1.165, 1.54) is 19.3 Å². The molecule has 1 heterocycles. The Bertz CT molecular complexity index is 1050. The van der Waals surface area contributed by atoms with Gasteiger partial charge in [-0.05, 0) is 61.5 Å². The fourth-order valence-electron chi connectivity index (χ4n) is 6.41. The van der Waals surface area contributed by atoms with E-state index >= 15 is 0 Å². The molecule has 6 nitrogen and oxygen atoms in total. The van der Waals surface area contributed by atoms with Crippen molar-refractivity contribution in [2.45, 2.75) is 51.0 Å². The van der Waals surface area contributed by atoms with Crippen LogP contribution in [0.3, 0.4) is 0 Å². The van der Waals surface area contributed by atoms with Crippen molar-refractivity contribution in [3.05, 3.63) is 53.6 Å². The van der Waals surface area contributed by atoms with Gasteiger partial charge in [0, 0.05) is 19.0 Å². The Morgan fingerprint density at radius 3 is 2.44 bits per heavy atom. The molecule has 0 unspecified atom stereocenters. The number of hydrogen-bond acceptors (Lipinski definition) is 4. The van der Waals surface area contributed by atoms with E-state index < -0.39 is 0 Å². The second-order valence-electron chi connectivity index (χ2n) is 10.0. The molecule has 2 aromatic rings. The van der Waals surface area contributed by atoms with Crippen LogP contribution >= 0.6 is 0 Å². The summed E-state index contributed by atoms with van der Waals surface area (Å²) in [5, 5.41) is 3.06. The molecule has 2 aliphatic carbocycles. The molecule has 0 spiro atoms. The van der Waals surface area contributed by atoms with Crippen LogP contribution in [0.15, 0.2) is 42.5 Å². The van der Waals surface area contributed by atoms with E-state index in [-0.39, 0.29) is 17.9 Å². The van der Waals surface area contributed by atoms with Crippen molar-refractivity contribution in [3.8, 4) is 11.5 Å². The van der Waals surface area contributed by atoms with Gasteiger partial charge in [0.25, 0.3) is 5.91 Å². The molecule has 2 saturated carbocycles. The first-order chi connectivity index (χ1) is 16.6. The van der Waals surface area contributed by atoms with E-state index in [0.29, 0.717) is 47.6 Å². The van der Waals surface area contributed by atoms with E-state index in [4.69, 9.17) is 9.47 Å². The minimum Gasteiger partial charge on any atom is -0.493 e. The molecule has 2 amide bonds. The summed E-state index contributed by atoms with van der Waals surface area (Å²) in [5.41, 5.74) is 2.08. The quantitative estimate of drug-likeness (QED) is 0.594. The summed E-state index contributed by atoms with van der Waals surface area (Å²) in [6.45, 7) is 0.686. The van der Waals surface area contributed by atoms with Crippen molar-refractivity contribution in [3.63, 3.8) is 0 Å². The zero-order chi connectivity index (χ0) is 23.7. The molecular formula is C28H34N2O4. The zero-order valence-corrected chi connectivity index (χ0v) is 20.1. The SMILES string of the molecule is COc1cc(NC(=O)C[C@H]2C[C@H]3CC[C@H]2C3)c(C(=O)N2CCC[C@H]2c2ccccc2)cc1OC. The van der Waals surface area contributed by atoms with Crippen molar-refractivity contribution in [2.24, 2.45) is 17.8 Å². The first kappa shape index (κ1) is 22.8. The zero-order valence-electron chi connectivity index (χ0n) is 20.1. The lowest BCUT2D eigenvalue weighted by molar-refractivity contribution is -0.117. The summed E-state index contributed by atoms with van der Waals surface area (Å²) in [7, 11) is 3.12. The van der Waals surface area contributed by atoms with Crippen molar-refractivity contribution >= 4 is 17.5 Å². The molecule has 3 fully saturated rings. The molecule has 0 radical (unpaired) electrons. The molecule has 5 rings (SSSR count). The number of hydrogen-bond donors (Lipinski definition) is 1. The van der Waals surface area contributed by atoms with Crippen molar-refractivity contribution < 1.29 is 19.1 Å². The molecule has 1 N–H and O–H groups in total. The minimum absolute atomic E-state index is 0.0272. The van der Waals surface area contributed by atoms with Gasteiger partial charge in [-0.1, -0.05) is 36.8 Å². The van der Waals surface area contributed by atoms with Gasteiger partial charge in [-0.25, -0.2) is 0 Å². The Labute approximate surface area is 201 Å². The first-order valence-electron chi connectivity index (χ1n) is 12.5. The van der Waals surface area contributed by atoms with Gasteiger partial charge < -0.3 is 19.7 Å². The number of carbonyl (C=O) groups is 2. The number of nitrogens with one attached hydrogen (secondary N) is 1. The largest absolute Gasteiger partial charge is 0.493 e.